The van der Waals surface area contributed by atoms with Crippen LogP contribution in [0.15, 0.2) is 60.8 Å². The lowest BCUT2D eigenvalue weighted by atomic mass is 10.0. The van der Waals surface area contributed by atoms with Crippen LogP contribution >= 0.6 is 0 Å². The van der Waals surface area contributed by atoms with E-state index < -0.39 is 11.6 Å². The molecule has 1 nitrogen and oxygen atoms in total. The molecule has 3 heteroatoms. The van der Waals surface area contributed by atoms with Crippen LogP contribution in [0.2, 0.25) is 0 Å². The van der Waals surface area contributed by atoms with Gasteiger partial charge in [-0.15, -0.1) is 0 Å². The van der Waals surface area contributed by atoms with Gasteiger partial charge in [-0.1, -0.05) is 30.3 Å². The number of hydrogen-bond donors (Lipinski definition) is 0. The number of rotatable bonds is 2. The lowest BCUT2D eigenvalue weighted by molar-refractivity contribution is 0.584. The molecule has 1 heterocycles. The lowest BCUT2D eigenvalue weighted by Crippen LogP contribution is -1.86. The van der Waals surface area contributed by atoms with Gasteiger partial charge in [-0.2, -0.15) is 0 Å². The molecule has 3 aromatic rings. The highest BCUT2D eigenvalue weighted by atomic mass is 19.1. The monoisotopic (exact) mass is 281 g/mol. The molecule has 0 unspecified atom stereocenters. The van der Waals surface area contributed by atoms with Gasteiger partial charge in [0.05, 0.1) is 5.69 Å². The summed E-state index contributed by atoms with van der Waals surface area (Å²) < 4.78 is 26.5. The molecule has 104 valence electrons. The minimum atomic E-state index is -0.575. The SMILES string of the molecule is Cc1ccc(-c2ccc(-c3cc(F)cc(F)c3)cc2)nc1. The van der Waals surface area contributed by atoms with E-state index in [1.807, 2.05) is 49.5 Å². The van der Waals surface area contributed by atoms with E-state index in [-0.39, 0.29) is 0 Å². The quantitative estimate of drug-likeness (QED) is 0.644. The molecule has 3 rings (SSSR count). The summed E-state index contributed by atoms with van der Waals surface area (Å²) in [4.78, 5) is 4.36. The molecule has 0 radical (unpaired) electrons. The van der Waals surface area contributed by atoms with E-state index in [4.69, 9.17) is 0 Å². The third-order valence-corrected chi connectivity index (χ3v) is 3.29. The van der Waals surface area contributed by atoms with Gasteiger partial charge in [-0.3, -0.25) is 4.98 Å². The molecule has 0 aliphatic rings. The fraction of sp³-hybridized carbons (Fsp3) is 0.0556. The Kier molecular flexibility index (Phi) is 3.48. The van der Waals surface area contributed by atoms with Gasteiger partial charge in [0.2, 0.25) is 0 Å². The summed E-state index contributed by atoms with van der Waals surface area (Å²) in [5, 5.41) is 0. The van der Waals surface area contributed by atoms with Crippen molar-refractivity contribution in [2.24, 2.45) is 0 Å². The topological polar surface area (TPSA) is 12.9 Å². The van der Waals surface area contributed by atoms with Crippen LogP contribution in [0.4, 0.5) is 8.78 Å². The standard InChI is InChI=1S/C18H13F2N/c1-12-2-7-18(21-11-12)14-5-3-13(4-6-14)15-8-16(19)10-17(20)9-15/h2-11H,1H3. The van der Waals surface area contributed by atoms with Gasteiger partial charge in [0.15, 0.2) is 0 Å². The summed E-state index contributed by atoms with van der Waals surface area (Å²) >= 11 is 0. The summed E-state index contributed by atoms with van der Waals surface area (Å²) in [5.74, 6) is -1.15. The summed E-state index contributed by atoms with van der Waals surface area (Å²) in [7, 11) is 0. The number of hydrogen-bond acceptors (Lipinski definition) is 1. The van der Waals surface area contributed by atoms with Crippen LogP contribution in [0.5, 0.6) is 0 Å². The predicted molar refractivity (Wildman–Crippen MR) is 79.8 cm³/mol. The molecular weight excluding hydrogens is 268 g/mol. The summed E-state index contributed by atoms with van der Waals surface area (Å²) in [6, 6.07) is 14.9. The first-order valence-corrected chi connectivity index (χ1v) is 6.61. The van der Waals surface area contributed by atoms with Crippen LogP contribution in [-0.4, -0.2) is 4.98 Å². The predicted octanol–water partition coefficient (Wildman–Crippen LogP) is 5.00. The van der Waals surface area contributed by atoms with Crippen molar-refractivity contribution < 1.29 is 8.78 Å². The second-order valence-electron chi connectivity index (χ2n) is 4.96. The van der Waals surface area contributed by atoms with Crippen LogP contribution in [0.1, 0.15) is 5.56 Å². The first-order valence-electron chi connectivity index (χ1n) is 6.61. The Balaban J connectivity index is 1.95. The molecule has 0 N–H and O–H groups in total. The molecule has 21 heavy (non-hydrogen) atoms. The second kappa shape index (κ2) is 5.44. The zero-order valence-electron chi connectivity index (χ0n) is 11.5. The van der Waals surface area contributed by atoms with Crippen LogP contribution in [0.25, 0.3) is 22.4 Å². The number of aromatic nitrogens is 1. The van der Waals surface area contributed by atoms with Crippen LogP contribution in [0.3, 0.4) is 0 Å². The molecule has 0 atom stereocenters. The molecule has 2 aromatic carbocycles. The molecule has 1 aromatic heterocycles. The Bertz CT molecular complexity index is 742. The number of pyridine rings is 1. The van der Waals surface area contributed by atoms with Gasteiger partial charge in [0.1, 0.15) is 11.6 Å². The van der Waals surface area contributed by atoms with Crippen molar-refractivity contribution in [1.82, 2.24) is 4.98 Å². The summed E-state index contributed by atoms with van der Waals surface area (Å²) in [5.41, 5.74) is 4.24. The first-order chi connectivity index (χ1) is 10.1. The normalized spacial score (nSPS) is 10.6. The highest BCUT2D eigenvalue weighted by Gasteiger charge is 2.04. The van der Waals surface area contributed by atoms with Crippen LogP contribution in [-0.2, 0) is 0 Å². The van der Waals surface area contributed by atoms with Gasteiger partial charge in [0, 0.05) is 17.8 Å². The highest BCUT2D eigenvalue weighted by molar-refractivity contribution is 5.68. The Morgan fingerprint density at radius 2 is 1.33 bits per heavy atom. The first kappa shape index (κ1) is 13.4. The third kappa shape index (κ3) is 2.97. The highest BCUT2D eigenvalue weighted by Crippen LogP contribution is 2.25. The van der Waals surface area contributed by atoms with Crippen molar-refractivity contribution >= 4 is 0 Å². The maximum atomic E-state index is 13.2. The molecule has 0 aliphatic carbocycles. The largest absolute Gasteiger partial charge is 0.256 e. The number of halogens is 2. The van der Waals surface area contributed by atoms with E-state index in [1.54, 1.807) is 0 Å². The number of benzene rings is 2. The van der Waals surface area contributed by atoms with Gasteiger partial charge >= 0.3 is 0 Å². The van der Waals surface area contributed by atoms with E-state index in [0.717, 1.165) is 28.5 Å². The Labute approximate surface area is 121 Å². The van der Waals surface area contributed by atoms with Gasteiger partial charge in [-0.25, -0.2) is 8.78 Å². The van der Waals surface area contributed by atoms with Gasteiger partial charge in [0.25, 0.3) is 0 Å². The Morgan fingerprint density at radius 3 is 1.90 bits per heavy atom. The van der Waals surface area contributed by atoms with Crippen molar-refractivity contribution in [2.45, 2.75) is 6.92 Å². The number of aryl methyl sites for hydroxylation is 1. The van der Waals surface area contributed by atoms with Gasteiger partial charge < -0.3 is 0 Å². The van der Waals surface area contributed by atoms with Crippen molar-refractivity contribution in [3.05, 3.63) is 78.0 Å². The smallest absolute Gasteiger partial charge is 0.126 e. The molecule has 0 bridgehead atoms. The zero-order chi connectivity index (χ0) is 14.8. The average molecular weight is 281 g/mol. The fourth-order valence-corrected chi connectivity index (χ4v) is 2.19. The van der Waals surface area contributed by atoms with Crippen molar-refractivity contribution in [3.63, 3.8) is 0 Å². The Morgan fingerprint density at radius 1 is 0.714 bits per heavy atom. The zero-order valence-corrected chi connectivity index (χ0v) is 11.5. The van der Waals surface area contributed by atoms with E-state index >= 15 is 0 Å². The van der Waals surface area contributed by atoms with Gasteiger partial charge in [-0.05, 0) is 41.8 Å². The Hall–Kier alpha value is -2.55. The van der Waals surface area contributed by atoms with Crippen molar-refractivity contribution in [3.8, 4) is 22.4 Å². The van der Waals surface area contributed by atoms with Crippen LogP contribution in [0, 0.1) is 18.6 Å². The van der Waals surface area contributed by atoms with E-state index in [9.17, 15) is 8.78 Å². The number of nitrogens with zero attached hydrogens (tertiary/aromatic N) is 1. The third-order valence-electron chi connectivity index (χ3n) is 3.29. The maximum absolute atomic E-state index is 13.2. The van der Waals surface area contributed by atoms with Crippen molar-refractivity contribution in [1.29, 1.82) is 0 Å². The molecule has 0 spiro atoms. The van der Waals surface area contributed by atoms with E-state index in [0.29, 0.717) is 5.56 Å². The van der Waals surface area contributed by atoms with Crippen molar-refractivity contribution in [2.75, 3.05) is 0 Å². The fourth-order valence-electron chi connectivity index (χ4n) is 2.19. The molecular formula is C18H13F2N. The molecule has 0 aliphatic heterocycles. The van der Waals surface area contributed by atoms with Crippen LogP contribution < -0.4 is 0 Å². The second-order valence-corrected chi connectivity index (χ2v) is 4.96. The van der Waals surface area contributed by atoms with E-state index in [2.05, 4.69) is 4.98 Å². The minimum absolute atomic E-state index is 0.524. The summed E-state index contributed by atoms with van der Waals surface area (Å²) in [6.07, 6.45) is 1.81. The molecule has 0 fully saturated rings. The maximum Gasteiger partial charge on any atom is 0.126 e. The summed E-state index contributed by atoms with van der Waals surface area (Å²) in [6.45, 7) is 1.98. The molecule has 0 amide bonds. The molecule has 0 saturated heterocycles. The molecule has 0 saturated carbocycles. The van der Waals surface area contributed by atoms with E-state index in [1.165, 1.54) is 12.1 Å². The lowest BCUT2D eigenvalue weighted by Gasteiger charge is -2.05. The average Bonchev–Trinajstić information content (AvgIpc) is 2.47. The minimum Gasteiger partial charge on any atom is -0.256 e.